The van der Waals surface area contributed by atoms with Crippen LogP contribution in [-0.4, -0.2) is 55.6 Å². The molecule has 1 aromatic carbocycles. The Kier molecular flexibility index (Phi) is 8.55. The molecule has 2 amide bonds. The number of rotatable bonds is 6. The largest absolute Gasteiger partial charge is 0.450 e. The lowest BCUT2D eigenvalue weighted by atomic mass is 10.1. The van der Waals surface area contributed by atoms with Crippen molar-refractivity contribution in [2.24, 2.45) is 10.9 Å². The van der Waals surface area contributed by atoms with Crippen LogP contribution in [-0.2, 0) is 16.1 Å². The molecule has 31 heavy (non-hydrogen) atoms. The van der Waals surface area contributed by atoms with Crippen LogP contribution in [0, 0.1) is 5.92 Å². The van der Waals surface area contributed by atoms with Crippen molar-refractivity contribution in [1.29, 1.82) is 0 Å². The summed E-state index contributed by atoms with van der Waals surface area (Å²) in [5, 5.41) is 9.84. The van der Waals surface area contributed by atoms with Crippen LogP contribution < -0.4 is 16.0 Å². The highest BCUT2D eigenvalue weighted by molar-refractivity contribution is 5.92. The van der Waals surface area contributed by atoms with E-state index in [0.29, 0.717) is 26.2 Å². The molecule has 3 rings (SSSR count). The van der Waals surface area contributed by atoms with E-state index in [4.69, 9.17) is 4.74 Å². The first-order chi connectivity index (χ1) is 15.1. The summed E-state index contributed by atoms with van der Waals surface area (Å²) in [5.41, 5.74) is 1.91. The fourth-order valence-electron chi connectivity index (χ4n) is 4.19. The quantitative estimate of drug-likeness (QED) is 0.477. The molecule has 0 spiro atoms. The first-order valence-electron chi connectivity index (χ1n) is 11.4. The summed E-state index contributed by atoms with van der Waals surface area (Å²) in [7, 11) is 1.75. The van der Waals surface area contributed by atoms with Crippen molar-refractivity contribution in [2.45, 2.75) is 58.0 Å². The fraction of sp³-hybridized carbons (Fsp3) is 0.609. The number of anilines is 1. The van der Waals surface area contributed by atoms with Crippen molar-refractivity contribution in [2.75, 3.05) is 32.1 Å². The van der Waals surface area contributed by atoms with Crippen molar-refractivity contribution in [3.05, 3.63) is 29.8 Å². The van der Waals surface area contributed by atoms with Gasteiger partial charge in [-0.1, -0.05) is 25.0 Å². The summed E-state index contributed by atoms with van der Waals surface area (Å²) >= 11 is 0. The van der Waals surface area contributed by atoms with Gasteiger partial charge in [0.2, 0.25) is 5.91 Å². The fourth-order valence-corrected chi connectivity index (χ4v) is 4.19. The van der Waals surface area contributed by atoms with E-state index in [1.165, 1.54) is 0 Å². The predicted molar refractivity (Wildman–Crippen MR) is 122 cm³/mol. The number of guanidine groups is 1. The zero-order chi connectivity index (χ0) is 22.1. The number of ether oxygens (including phenoxy) is 1. The standard InChI is InChI=1S/C23H35N5O3/c1-3-31-23(30)28-13-11-19(12-14-28)27-22(24-2)25-16-17-7-6-10-20(15-17)26-21(29)18-8-4-5-9-18/h6-7,10,15,18-19H,3-5,8-9,11-14,16H2,1-2H3,(H,26,29)(H2,24,25,27). The molecule has 0 atom stereocenters. The van der Waals surface area contributed by atoms with E-state index in [9.17, 15) is 9.59 Å². The topological polar surface area (TPSA) is 95.1 Å². The van der Waals surface area contributed by atoms with Gasteiger partial charge in [-0.05, 0) is 50.3 Å². The SMILES string of the molecule is CCOC(=O)N1CCC(NC(=NC)NCc2cccc(NC(=O)C3CCCC3)c2)CC1. The number of aliphatic imine (C=N–C) groups is 1. The zero-order valence-electron chi connectivity index (χ0n) is 18.7. The molecule has 170 valence electrons. The lowest BCUT2D eigenvalue weighted by Gasteiger charge is -2.32. The average Bonchev–Trinajstić information content (AvgIpc) is 3.33. The van der Waals surface area contributed by atoms with Crippen LogP contribution >= 0.6 is 0 Å². The Balaban J connectivity index is 1.44. The molecule has 1 aliphatic carbocycles. The lowest BCUT2D eigenvalue weighted by Crippen LogP contribution is -2.49. The van der Waals surface area contributed by atoms with Crippen LogP contribution in [0.5, 0.6) is 0 Å². The molecule has 1 heterocycles. The number of amides is 2. The third kappa shape index (κ3) is 6.87. The number of nitrogens with zero attached hydrogens (tertiary/aromatic N) is 2. The number of nitrogens with one attached hydrogen (secondary N) is 3. The second kappa shape index (κ2) is 11.6. The second-order valence-electron chi connectivity index (χ2n) is 8.20. The molecule has 8 nitrogen and oxygen atoms in total. The van der Waals surface area contributed by atoms with Crippen molar-refractivity contribution in [1.82, 2.24) is 15.5 Å². The minimum absolute atomic E-state index is 0.134. The maximum Gasteiger partial charge on any atom is 0.409 e. The van der Waals surface area contributed by atoms with Crippen LogP contribution in [0.4, 0.5) is 10.5 Å². The van der Waals surface area contributed by atoms with Gasteiger partial charge in [0.15, 0.2) is 5.96 Å². The summed E-state index contributed by atoms with van der Waals surface area (Å²) in [6, 6.07) is 8.19. The van der Waals surface area contributed by atoms with Crippen molar-refractivity contribution >= 4 is 23.6 Å². The van der Waals surface area contributed by atoms with Gasteiger partial charge in [0.25, 0.3) is 0 Å². The Morgan fingerprint density at radius 2 is 1.90 bits per heavy atom. The molecule has 1 saturated carbocycles. The average molecular weight is 430 g/mol. The van der Waals surface area contributed by atoms with E-state index in [2.05, 4.69) is 20.9 Å². The molecule has 0 radical (unpaired) electrons. The van der Waals surface area contributed by atoms with Gasteiger partial charge in [-0.2, -0.15) is 0 Å². The number of carbonyl (C=O) groups excluding carboxylic acids is 2. The molecule has 1 aromatic rings. The molecule has 0 unspecified atom stereocenters. The lowest BCUT2D eigenvalue weighted by molar-refractivity contribution is -0.119. The highest BCUT2D eigenvalue weighted by atomic mass is 16.6. The third-order valence-electron chi connectivity index (χ3n) is 5.97. The summed E-state index contributed by atoms with van der Waals surface area (Å²) in [4.78, 5) is 30.3. The highest BCUT2D eigenvalue weighted by Gasteiger charge is 2.24. The van der Waals surface area contributed by atoms with Crippen LogP contribution in [0.25, 0.3) is 0 Å². The Labute approximate surface area is 184 Å². The molecule has 0 bridgehead atoms. The Morgan fingerprint density at radius 3 is 2.58 bits per heavy atom. The van der Waals surface area contributed by atoms with Gasteiger partial charge < -0.3 is 25.6 Å². The second-order valence-corrected chi connectivity index (χ2v) is 8.20. The normalized spacial score (nSPS) is 18.0. The molecule has 2 fully saturated rings. The first-order valence-corrected chi connectivity index (χ1v) is 11.4. The van der Waals surface area contributed by atoms with Crippen LogP contribution in [0.2, 0.25) is 0 Å². The summed E-state index contributed by atoms with van der Waals surface area (Å²) in [6.07, 6.45) is 5.75. The molecule has 0 aromatic heterocycles. The third-order valence-corrected chi connectivity index (χ3v) is 5.97. The van der Waals surface area contributed by atoms with Crippen molar-refractivity contribution < 1.29 is 14.3 Å². The van der Waals surface area contributed by atoms with Gasteiger partial charge in [-0.15, -0.1) is 0 Å². The number of benzene rings is 1. The van der Waals surface area contributed by atoms with Gasteiger partial charge >= 0.3 is 6.09 Å². The Morgan fingerprint density at radius 1 is 1.16 bits per heavy atom. The van der Waals surface area contributed by atoms with E-state index < -0.39 is 0 Å². The summed E-state index contributed by atoms with van der Waals surface area (Å²) < 4.78 is 5.07. The molecular formula is C23H35N5O3. The van der Waals surface area contributed by atoms with E-state index in [0.717, 1.165) is 55.7 Å². The molecule has 8 heteroatoms. The number of hydrogen-bond acceptors (Lipinski definition) is 4. The van der Waals surface area contributed by atoms with Gasteiger partial charge in [0.05, 0.1) is 6.61 Å². The van der Waals surface area contributed by atoms with Crippen molar-refractivity contribution in [3.8, 4) is 0 Å². The van der Waals surface area contributed by atoms with Gasteiger partial charge in [-0.25, -0.2) is 4.79 Å². The van der Waals surface area contributed by atoms with Crippen molar-refractivity contribution in [3.63, 3.8) is 0 Å². The Hall–Kier alpha value is -2.77. The van der Waals surface area contributed by atoms with Crippen LogP contribution in [0.1, 0.15) is 51.0 Å². The molecule has 1 saturated heterocycles. The van der Waals surface area contributed by atoms with Gasteiger partial charge in [-0.3, -0.25) is 9.79 Å². The number of hydrogen-bond donors (Lipinski definition) is 3. The van der Waals surface area contributed by atoms with Crippen LogP contribution in [0.15, 0.2) is 29.3 Å². The number of carbonyl (C=O) groups is 2. The minimum Gasteiger partial charge on any atom is -0.450 e. The molecular weight excluding hydrogens is 394 g/mol. The van der Waals surface area contributed by atoms with E-state index in [1.54, 1.807) is 11.9 Å². The van der Waals surface area contributed by atoms with Crippen LogP contribution in [0.3, 0.4) is 0 Å². The maximum atomic E-state index is 12.4. The summed E-state index contributed by atoms with van der Waals surface area (Å²) in [6.45, 7) is 4.18. The van der Waals surface area contributed by atoms with E-state index >= 15 is 0 Å². The molecule has 1 aliphatic heterocycles. The zero-order valence-corrected chi connectivity index (χ0v) is 18.7. The predicted octanol–water partition coefficient (Wildman–Crippen LogP) is 3.10. The summed E-state index contributed by atoms with van der Waals surface area (Å²) in [5.74, 6) is 1.02. The number of likely N-dealkylation sites (tertiary alicyclic amines) is 1. The van der Waals surface area contributed by atoms with Gasteiger partial charge in [0, 0.05) is 44.3 Å². The maximum absolute atomic E-state index is 12.4. The smallest absolute Gasteiger partial charge is 0.409 e. The first kappa shape index (κ1) is 22.9. The molecule has 2 aliphatic rings. The van der Waals surface area contributed by atoms with Gasteiger partial charge in [0.1, 0.15) is 0 Å². The molecule has 3 N–H and O–H groups in total. The number of piperidine rings is 1. The van der Waals surface area contributed by atoms with E-state index in [-0.39, 0.29) is 24.0 Å². The highest BCUT2D eigenvalue weighted by Crippen LogP contribution is 2.26. The van der Waals surface area contributed by atoms with E-state index in [1.807, 2.05) is 31.2 Å². The minimum atomic E-state index is -0.233. The monoisotopic (exact) mass is 429 g/mol. The Bertz CT molecular complexity index is 768.